The summed E-state index contributed by atoms with van der Waals surface area (Å²) in [6, 6.07) is 5.12. The molecule has 0 saturated carbocycles. The van der Waals surface area contributed by atoms with Crippen molar-refractivity contribution >= 4 is 45.4 Å². The number of hydrogen-bond donors (Lipinski definition) is 0. The van der Waals surface area contributed by atoms with Gasteiger partial charge in [-0.15, -0.1) is 0 Å². The zero-order chi connectivity index (χ0) is 11.7. The zero-order valence-corrected chi connectivity index (χ0v) is 10.9. The third kappa shape index (κ3) is 2.00. The molecule has 1 heterocycles. The van der Waals surface area contributed by atoms with Gasteiger partial charge in [0.25, 0.3) is 0 Å². The Hall–Kier alpha value is -0.840. The number of rotatable bonds is 2. The monoisotopic (exact) mass is 318 g/mol. The molecule has 82 valence electrons. The second-order valence-electron chi connectivity index (χ2n) is 3.02. The first-order valence-corrected chi connectivity index (χ1v) is 5.82. The summed E-state index contributed by atoms with van der Waals surface area (Å²) in [5, 5.41) is 4.98. The van der Waals surface area contributed by atoms with Gasteiger partial charge >= 0.3 is 0 Å². The third-order valence-electron chi connectivity index (χ3n) is 2.01. The standard InChI is InChI=1S/C10H5BrCl2N2O/c11-10-6(5-16)4-14-15(10)7-1-2-8(12)9(13)3-7/h1-5H. The van der Waals surface area contributed by atoms with E-state index < -0.39 is 0 Å². The molecule has 0 aliphatic heterocycles. The van der Waals surface area contributed by atoms with Crippen molar-refractivity contribution in [2.24, 2.45) is 0 Å². The Bertz CT molecular complexity index is 554. The number of carbonyl (C=O) groups is 1. The van der Waals surface area contributed by atoms with Crippen molar-refractivity contribution in [1.82, 2.24) is 9.78 Å². The molecule has 0 spiro atoms. The van der Waals surface area contributed by atoms with E-state index in [0.29, 0.717) is 20.2 Å². The van der Waals surface area contributed by atoms with E-state index in [2.05, 4.69) is 21.0 Å². The van der Waals surface area contributed by atoms with Crippen LogP contribution in [0.2, 0.25) is 10.0 Å². The summed E-state index contributed by atoms with van der Waals surface area (Å²) in [5.41, 5.74) is 1.21. The Morgan fingerprint density at radius 1 is 1.31 bits per heavy atom. The van der Waals surface area contributed by atoms with Gasteiger partial charge in [-0.2, -0.15) is 5.10 Å². The van der Waals surface area contributed by atoms with E-state index >= 15 is 0 Å². The van der Waals surface area contributed by atoms with Crippen LogP contribution in [0.1, 0.15) is 10.4 Å². The van der Waals surface area contributed by atoms with E-state index in [1.54, 1.807) is 22.9 Å². The lowest BCUT2D eigenvalue weighted by Crippen LogP contribution is -1.96. The van der Waals surface area contributed by atoms with Crippen molar-refractivity contribution in [2.75, 3.05) is 0 Å². The van der Waals surface area contributed by atoms with Gasteiger partial charge in [-0.1, -0.05) is 23.2 Å². The Balaban J connectivity index is 2.54. The third-order valence-corrected chi connectivity index (χ3v) is 3.54. The molecule has 0 N–H and O–H groups in total. The fourth-order valence-electron chi connectivity index (χ4n) is 1.22. The highest BCUT2D eigenvalue weighted by atomic mass is 79.9. The van der Waals surface area contributed by atoms with Gasteiger partial charge in [-0.25, -0.2) is 4.68 Å². The van der Waals surface area contributed by atoms with Crippen LogP contribution in [0.5, 0.6) is 0 Å². The molecular formula is C10H5BrCl2N2O. The van der Waals surface area contributed by atoms with Gasteiger partial charge in [0.2, 0.25) is 0 Å². The molecular weight excluding hydrogens is 315 g/mol. The Morgan fingerprint density at radius 3 is 2.62 bits per heavy atom. The van der Waals surface area contributed by atoms with Gasteiger partial charge in [0.15, 0.2) is 6.29 Å². The molecule has 6 heteroatoms. The predicted molar refractivity (Wildman–Crippen MR) is 66.7 cm³/mol. The summed E-state index contributed by atoms with van der Waals surface area (Å²) >= 11 is 15.0. The molecule has 2 rings (SSSR count). The van der Waals surface area contributed by atoms with Crippen molar-refractivity contribution in [3.05, 3.63) is 44.6 Å². The number of benzene rings is 1. The molecule has 2 aromatic rings. The smallest absolute Gasteiger partial charge is 0.154 e. The molecule has 1 aromatic carbocycles. The zero-order valence-electron chi connectivity index (χ0n) is 7.82. The molecule has 0 atom stereocenters. The summed E-state index contributed by atoms with van der Waals surface area (Å²) < 4.78 is 2.15. The molecule has 0 saturated heterocycles. The van der Waals surface area contributed by atoms with Crippen LogP contribution in [0.15, 0.2) is 29.0 Å². The largest absolute Gasteiger partial charge is 0.298 e. The molecule has 1 aromatic heterocycles. The number of aldehydes is 1. The Morgan fingerprint density at radius 2 is 2.06 bits per heavy atom. The lowest BCUT2D eigenvalue weighted by atomic mass is 10.3. The highest BCUT2D eigenvalue weighted by Gasteiger charge is 2.09. The Kier molecular flexibility index (Phi) is 3.33. The average molecular weight is 320 g/mol. The Labute approximate surface area is 110 Å². The first kappa shape index (κ1) is 11.6. The van der Waals surface area contributed by atoms with E-state index in [1.165, 1.54) is 6.20 Å². The minimum Gasteiger partial charge on any atom is -0.298 e. The van der Waals surface area contributed by atoms with Crippen molar-refractivity contribution in [3.8, 4) is 5.69 Å². The summed E-state index contributed by atoms with van der Waals surface area (Å²) in [6.45, 7) is 0. The van der Waals surface area contributed by atoms with Crippen LogP contribution >= 0.6 is 39.1 Å². The van der Waals surface area contributed by atoms with Crippen LogP contribution in [0.4, 0.5) is 0 Å². The molecule has 0 aliphatic rings. The van der Waals surface area contributed by atoms with E-state index in [-0.39, 0.29) is 0 Å². The highest BCUT2D eigenvalue weighted by molar-refractivity contribution is 9.10. The molecule has 0 fully saturated rings. The summed E-state index contributed by atoms with van der Waals surface area (Å²) in [5.74, 6) is 0. The number of aromatic nitrogens is 2. The van der Waals surface area contributed by atoms with Gasteiger partial charge in [0.05, 0.1) is 27.5 Å². The molecule has 0 amide bonds. The van der Waals surface area contributed by atoms with Crippen LogP contribution in [0, 0.1) is 0 Å². The van der Waals surface area contributed by atoms with Crippen LogP contribution in [-0.4, -0.2) is 16.1 Å². The van der Waals surface area contributed by atoms with E-state index in [4.69, 9.17) is 23.2 Å². The van der Waals surface area contributed by atoms with Crippen molar-refractivity contribution < 1.29 is 4.79 Å². The van der Waals surface area contributed by atoms with Gasteiger partial charge in [0, 0.05) is 0 Å². The van der Waals surface area contributed by atoms with Gasteiger partial charge in [-0.05, 0) is 34.1 Å². The summed E-state index contributed by atoms with van der Waals surface area (Å²) in [7, 11) is 0. The normalized spacial score (nSPS) is 10.4. The van der Waals surface area contributed by atoms with Crippen molar-refractivity contribution in [1.29, 1.82) is 0 Å². The quantitative estimate of drug-likeness (QED) is 0.790. The molecule has 3 nitrogen and oxygen atoms in total. The second-order valence-corrected chi connectivity index (χ2v) is 4.58. The molecule has 16 heavy (non-hydrogen) atoms. The average Bonchev–Trinajstić information content (AvgIpc) is 2.64. The molecule has 0 radical (unpaired) electrons. The van der Waals surface area contributed by atoms with Crippen LogP contribution in [-0.2, 0) is 0 Å². The maximum absolute atomic E-state index is 10.7. The lowest BCUT2D eigenvalue weighted by Gasteiger charge is -2.04. The van der Waals surface area contributed by atoms with E-state index in [9.17, 15) is 4.79 Å². The number of carbonyl (C=O) groups excluding carboxylic acids is 1. The maximum Gasteiger partial charge on any atom is 0.154 e. The van der Waals surface area contributed by atoms with Crippen molar-refractivity contribution in [2.45, 2.75) is 0 Å². The predicted octanol–water partition coefficient (Wildman–Crippen LogP) is 3.75. The topological polar surface area (TPSA) is 34.9 Å². The lowest BCUT2D eigenvalue weighted by molar-refractivity contribution is 0.112. The van der Waals surface area contributed by atoms with Crippen LogP contribution < -0.4 is 0 Å². The van der Waals surface area contributed by atoms with Crippen molar-refractivity contribution in [3.63, 3.8) is 0 Å². The molecule has 0 bridgehead atoms. The number of hydrogen-bond acceptors (Lipinski definition) is 2. The van der Waals surface area contributed by atoms with Gasteiger partial charge in [-0.3, -0.25) is 4.79 Å². The minimum atomic E-state index is 0.439. The first-order valence-electron chi connectivity index (χ1n) is 4.27. The highest BCUT2D eigenvalue weighted by Crippen LogP contribution is 2.26. The van der Waals surface area contributed by atoms with E-state index in [0.717, 1.165) is 12.0 Å². The second kappa shape index (κ2) is 4.57. The maximum atomic E-state index is 10.7. The van der Waals surface area contributed by atoms with Gasteiger partial charge < -0.3 is 0 Å². The molecule has 0 aliphatic carbocycles. The van der Waals surface area contributed by atoms with Crippen LogP contribution in [0.25, 0.3) is 5.69 Å². The van der Waals surface area contributed by atoms with Gasteiger partial charge in [0.1, 0.15) is 4.60 Å². The van der Waals surface area contributed by atoms with E-state index in [1.807, 2.05) is 0 Å². The summed E-state index contributed by atoms with van der Waals surface area (Å²) in [6.07, 6.45) is 2.20. The fraction of sp³-hybridized carbons (Fsp3) is 0. The SMILES string of the molecule is O=Cc1cnn(-c2ccc(Cl)c(Cl)c2)c1Br. The number of halogens is 3. The number of nitrogens with zero attached hydrogens (tertiary/aromatic N) is 2. The fourth-order valence-corrected chi connectivity index (χ4v) is 2.01. The summed E-state index contributed by atoms with van der Waals surface area (Å²) in [4.78, 5) is 10.7. The molecule has 0 unspecified atom stereocenters. The minimum absolute atomic E-state index is 0.439. The first-order chi connectivity index (χ1) is 7.63. The van der Waals surface area contributed by atoms with Crippen LogP contribution in [0.3, 0.4) is 0 Å².